The van der Waals surface area contributed by atoms with Crippen LogP contribution >= 0.6 is 15.9 Å². The van der Waals surface area contributed by atoms with E-state index in [1.54, 1.807) is 0 Å². The fourth-order valence-electron chi connectivity index (χ4n) is 1.06. The molecule has 1 rings (SSSR count). The number of halogens is 3. The van der Waals surface area contributed by atoms with Gasteiger partial charge in [-0.3, -0.25) is 0 Å². The van der Waals surface area contributed by atoms with Crippen LogP contribution in [0.1, 0.15) is 18.1 Å². The zero-order valence-corrected chi connectivity index (χ0v) is 8.76. The standard InChI is InChI=1S/C9H9BrF2O2/c10-9-6(11)3-5(4-7(9)12)8(14)1-2-13/h3-4,8,13-14H,1-2H2. The third-order valence-corrected chi connectivity index (χ3v) is 2.55. The van der Waals surface area contributed by atoms with Crippen LogP contribution in [0.15, 0.2) is 16.6 Å². The van der Waals surface area contributed by atoms with E-state index in [4.69, 9.17) is 5.11 Å². The van der Waals surface area contributed by atoms with E-state index in [2.05, 4.69) is 15.9 Å². The van der Waals surface area contributed by atoms with Gasteiger partial charge in [-0.2, -0.15) is 0 Å². The second-order valence-corrected chi connectivity index (χ2v) is 3.62. The molecule has 1 unspecified atom stereocenters. The Balaban J connectivity index is 3.00. The predicted octanol–water partition coefficient (Wildman–Crippen LogP) is 2.14. The largest absolute Gasteiger partial charge is 0.396 e. The first-order valence-electron chi connectivity index (χ1n) is 3.99. The Morgan fingerprint density at radius 3 is 2.21 bits per heavy atom. The van der Waals surface area contributed by atoms with Gasteiger partial charge in [0, 0.05) is 13.0 Å². The van der Waals surface area contributed by atoms with Gasteiger partial charge in [0.2, 0.25) is 0 Å². The molecule has 14 heavy (non-hydrogen) atoms. The molecule has 1 aromatic rings. The van der Waals surface area contributed by atoms with E-state index in [1.807, 2.05) is 0 Å². The Hall–Kier alpha value is -0.520. The maximum Gasteiger partial charge on any atom is 0.140 e. The van der Waals surface area contributed by atoms with Crippen LogP contribution in [0, 0.1) is 11.6 Å². The van der Waals surface area contributed by atoms with Crippen LogP contribution in [0.5, 0.6) is 0 Å². The summed E-state index contributed by atoms with van der Waals surface area (Å²) in [6.45, 7) is -0.236. The molecule has 1 aromatic carbocycles. The van der Waals surface area contributed by atoms with Gasteiger partial charge in [-0.15, -0.1) is 0 Å². The fraction of sp³-hybridized carbons (Fsp3) is 0.333. The summed E-state index contributed by atoms with van der Waals surface area (Å²) in [6, 6.07) is 2.07. The molecule has 0 saturated heterocycles. The smallest absolute Gasteiger partial charge is 0.140 e. The van der Waals surface area contributed by atoms with Gasteiger partial charge in [-0.25, -0.2) is 8.78 Å². The van der Waals surface area contributed by atoms with E-state index in [0.29, 0.717) is 0 Å². The fourth-order valence-corrected chi connectivity index (χ4v) is 1.29. The first-order chi connectivity index (χ1) is 6.56. The Labute approximate surface area is 88.3 Å². The molecule has 0 spiro atoms. The first kappa shape index (κ1) is 11.6. The molecular formula is C9H9BrF2O2. The third-order valence-electron chi connectivity index (χ3n) is 1.79. The number of aliphatic hydroxyl groups is 2. The molecule has 2 N–H and O–H groups in total. The van der Waals surface area contributed by atoms with Crippen LogP contribution in [0.2, 0.25) is 0 Å². The average Bonchev–Trinajstić information content (AvgIpc) is 2.13. The Morgan fingerprint density at radius 1 is 1.29 bits per heavy atom. The molecule has 0 aliphatic heterocycles. The Morgan fingerprint density at radius 2 is 1.79 bits per heavy atom. The summed E-state index contributed by atoms with van der Waals surface area (Å²) < 4.78 is 25.7. The van der Waals surface area contributed by atoms with Gasteiger partial charge < -0.3 is 10.2 Å². The SMILES string of the molecule is OCCC(O)c1cc(F)c(Br)c(F)c1. The Kier molecular flexibility index (Phi) is 3.97. The van der Waals surface area contributed by atoms with Crippen molar-refractivity contribution in [2.24, 2.45) is 0 Å². The van der Waals surface area contributed by atoms with E-state index in [1.165, 1.54) is 0 Å². The topological polar surface area (TPSA) is 40.5 Å². The van der Waals surface area contributed by atoms with E-state index < -0.39 is 17.7 Å². The van der Waals surface area contributed by atoms with Crippen molar-refractivity contribution in [3.05, 3.63) is 33.8 Å². The lowest BCUT2D eigenvalue weighted by Gasteiger charge is -2.10. The number of hydrogen-bond donors (Lipinski definition) is 2. The van der Waals surface area contributed by atoms with Crippen LogP contribution in [0.3, 0.4) is 0 Å². The molecule has 0 aliphatic rings. The molecule has 78 valence electrons. The van der Waals surface area contributed by atoms with E-state index in [9.17, 15) is 13.9 Å². The summed E-state index contributed by atoms with van der Waals surface area (Å²) in [6.07, 6.45) is -0.988. The number of hydrogen-bond acceptors (Lipinski definition) is 2. The van der Waals surface area contributed by atoms with Crippen LogP contribution in [-0.4, -0.2) is 16.8 Å². The number of aliphatic hydroxyl groups excluding tert-OH is 2. The first-order valence-corrected chi connectivity index (χ1v) is 4.79. The van der Waals surface area contributed by atoms with E-state index >= 15 is 0 Å². The van der Waals surface area contributed by atoms with Crippen LogP contribution in [-0.2, 0) is 0 Å². The molecule has 0 saturated carbocycles. The number of rotatable bonds is 3. The second-order valence-electron chi connectivity index (χ2n) is 2.83. The second kappa shape index (κ2) is 4.82. The Bertz CT molecular complexity index is 308. The molecule has 0 amide bonds. The molecule has 0 aliphatic carbocycles. The minimum Gasteiger partial charge on any atom is -0.396 e. The van der Waals surface area contributed by atoms with Crippen molar-refractivity contribution in [1.29, 1.82) is 0 Å². The van der Waals surface area contributed by atoms with Gasteiger partial charge >= 0.3 is 0 Å². The van der Waals surface area contributed by atoms with Crippen molar-refractivity contribution in [3.8, 4) is 0 Å². The molecule has 5 heteroatoms. The summed E-state index contributed by atoms with van der Waals surface area (Å²) in [5.41, 5.74) is 0.122. The number of benzene rings is 1. The normalized spacial score (nSPS) is 12.9. The van der Waals surface area contributed by atoms with Crippen molar-refractivity contribution in [3.63, 3.8) is 0 Å². The molecule has 2 nitrogen and oxygen atoms in total. The predicted molar refractivity (Wildman–Crippen MR) is 50.7 cm³/mol. The van der Waals surface area contributed by atoms with Gasteiger partial charge in [0.05, 0.1) is 10.6 Å². The van der Waals surface area contributed by atoms with Crippen molar-refractivity contribution in [2.75, 3.05) is 6.61 Å². The third kappa shape index (κ3) is 2.50. The molecule has 0 aromatic heterocycles. The van der Waals surface area contributed by atoms with Crippen molar-refractivity contribution in [1.82, 2.24) is 0 Å². The molecular weight excluding hydrogens is 258 g/mol. The van der Waals surface area contributed by atoms with Crippen LogP contribution in [0.25, 0.3) is 0 Å². The maximum absolute atomic E-state index is 13.0. The molecule has 0 heterocycles. The molecule has 1 atom stereocenters. The van der Waals surface area contributed by atoms with E-state index in [0.717, 1.165) is 12.1 Å². The van der Waals surface area contributed by atoms with E-state index in [-0.39, 0.29) is 23.1 Å². The summed E-state index contributed by atoms with van der Waals surface area (Å²) in [7, 11) is 0. The monoisotopic (exact) mass is 266 g/mol. The summed E-state index contributed by atoms with van der Waals surface area (Å²) in [5, 5.41) is 17.9. The maximum atomic E-state index is 13.0. The van der Waals surface area contributed by atoms with Crippen molar-refractivity contribution < 1.29 is 19.0 Å². The van der Waals surface area contributed by atoms with Crippen LogP contribution < -0.4 is 0 Å². The van der Waals surface area contributed by atoms with Gasteiger partial charge in [0.15, 0.2) is 0 Å². The van der Waals surface area contributed by atoms with Crippen LogP contribution in [0.4, 0.5) is 8.78 Å². The summed E-state index contributed by atoms with van der Waals surface area (Å²) >= 11 is 2.72. The molecule has 0 fully saturated rings. The molecule has 0 bridgehead atoms. The summed E-state index contributed by atoms with van der Waals surface area (Å²) in [5.74, 6) is -1.53. The van der Waals surface area contributed by atoms with Gasteiger partial charge in [0.25, 0.3) is 0 Å². The highest BCUT2D eigenvalue weighted by molar-refractivity contribution is 9.10. The van der Waals surface area contributed by atoms with Crippen molar-refractivity contribution >= 4 is 15.9 Å². The lowest BCUT2D eigenvalue weighted by Crippen LogP contribution is -2.02. The van der Waals surface area contributed by atoms with Crippen molar-refractivity contribution in [2.45, 2.75) is 12.5 Å². The lowest BCUT2D eigenvalue weighted by atomic mass is 10.1. The van der Waals surface area contributed by atoms with Gasteiger partial charge in [-0.1, -0.05) is 0 Å². The molecule has 0 radical (unpaired) electrons. The lowest BCUT2D eigenvalue weighted by molar-refractivity contribution is 0.133. The zero-order chi connectivity index (χ0) is 10.7. The average molecular weight is 267 g/mol. The minimum absolute atomic E-state index is 0.0561. The highest BCUT2D eigenvalue weighted by Gasteiger charge is 2.13. The minimum atomic E-state index is -1.04. The van der Waals surface area contributed by atoms with Gasteiger partial charge in [0.1, 0.15) is 11.6 Å². The van der Waals surface area contributed by atoms with Gasteiger partial charge in [-0.05, 0) is 33.6 Å². The zero-order valence-electron chi connectivity index (χ0n) is 7.17. The quantitative estimate of drug-likeness (QED) is 0.824. The highest BCUT2D eigenvalue weighted by Crippen LogP contribution is 2.25. The highest BCUT2D eigenvalue weighted by atomic mass is 79.9. The summed E-state index contributed by atoms with van der Waals surface area (Å²) in [4.78, 5) is 0.